The van der Waals surface area contributed by atoms with Gasteiger partial charge in [-0.3, -0.25) is 4.79 Å². The second-order valence-corrected chi connectivity index (χ2v) is 3.74. The topological polar surface area (TPSA) is 35.5 Å². The van der Waals surface area contributed by atoms with Gasteiger partial charge in [0, 0.05) is 12.7 Å². The van der Waals surface area contributed by atoms with Crippen LogP contribution in [0.1, 0.15) is 10.4 Å². The number of hydrogen-bond donors (Lipinski definition) is 0. The highest BCUT2D eigenvalue weighted by atomic mass is 79.9. The first-order chi connectivity index (χ1) is 6.69. The number of aldehydes is 1. The lowest BCUT2D eigenvalue weighted by atomic mass is 10.2. The number of methoxy groups -OCH3 is 1. The molecule has 1 aromatic carbocycles. The van der Waals surface area contributed by atoms with E-state index in [1.165, 1.54) is 13.2 Å². The monoisotopic (exact) mass is 278 g/mol. The Morgan fingerprint density at radius 1 is 1.57 bits per heavy atom. The van der Waals surface area contributed by atoms with Gasteiger partial charge < -0.3 is 9.47 Å². The van der Waals surface area contributed by atoms with Gasteiger partial charge in [-0.1, -0.05) is 11.6 Å². The van der Waals surface area contributed by atoms with Gasteiger partial charge in [0.1, 0.15) is 6.29 Å². The lowest BCUT2D eigenvalue weighted by Gasteiger charge is -2.09. The summed E-state index contributed by atoms with van der Waals surface area (Å²) in [7, 11) is 1.52. The maximum Gasteiger partial charge on any atom is 0.188 e. The SMILES string of the molecule is COCOc1c(Cl)cc(C=O)cc1Br. The largest absolute Gasteiger partial charge is 0.465 e. The van der Waals surface area contributed by atoms with Gasteiger partial charge in [-0.2, -0.15) is 0 Å². The Kier molecular flexibility index (Phi) is 4.38. The van der Waals surface area contributed by atoms with Gasteiger partial charge in [-0.25, -0.2) is 0 Å². The molecule has 0 aliphatic heterocycles. The van der Waals surface area contributed by atoms with Crippen LogP contribution in [0.5, 0.6) is 5.75 Å². The molecule has 0 saturated carbocycles. The molecule has 5 heteroatoms. The minimum absolute atomic E-state index is 0.110. The molecule has 0 aromatic heterocycles. The lowest BCUT2D eigenvalue weighted by Crippen LogP contribution is -2.00. The second kappa shape index (κ2) is 5.34. The Bertz CT molecular complexity index is 318. The van der Waals surface area contributed by atoms with Crippen molar-refractivity contribution >= 4 is 33.8 Å². The van der Waals surface area contributed by atoms with Crippen LogP contribution in [0.3, 0.4) is 0 Å². The van der Waals surface area contributed by atoms with E-state index in [1.54, 1.807) is 6.07 Å². The first kappa shape index (κ1) is 11.5. The average Bonchev–Trinajstić information content (AvgIpc) is 2.16. The lowest BCUT2D eigenvalue weighted by molar-refractivity contribution is 0.0506. The van der Waals surface area contributed by atoms with Crippen molar-refractivity contribution in [3.05, 3.63) is 27.2 Å². The normalized spacial score (nSPS) is 9.93. The van der Waals surface area contributed by atoms with Crippen molar-refractivity contribution in [3.8, 4) is 5.75 Å². The van der Waals surface area contributed by atoms with Crippen molar-refractivity contribution in [1.82, 2.24) is 0 Å². The summed E-state index contributed by atoms with van der Waals surface area (Å²) in [6.45, 7) is 0.110. The molecule has 0 aliphatic carbocycles. The van der Waals surface area contributed by atoms with Crippen LogP contribution < -0.4 is 4.74 Å². The zero-order chi connectivity index (χ0) is 10.6. The number of ether oxygens (including phenoxy) is 2. The Morgan fingerprint density at radius 3 is 2.79 bits per heavy atom. The van der Waals surface area contributed by atoms with Gasteiger partial charge in [0.15, 0.2) is 12.5 Å². The maximum absolute atomic E-state index is 10.5. The number of halogens is 2. The Balaban J connectivity index is 2.99. The number of hydrogen-bond acceptors (Lipinski definition) is 3. The summed E-state index contributed by atoms with van der Waals surface area (Å²) in [5.41, 5.74) is 0.492. The Morgan fingerprint density at radius 2 is 2.29 bits per heavy atom. The average molecular weight is 280 g/mol. The van der Waals surface area contributed by atoms with E-state index in [0.717, 1.165) is 6.29 Å². The third-order valence-corrected chi connectivity index (χ3v) is 2.35. The third-order valence-electron chi connectivity index (χ3n) is 1.48. The summed E-state index contributed by atoms with van der Waals surface area (Å²) < 4.78 is 10.6. The molecule has 1 aromatic rings. The first-order valence-electron chi connectivity index (χ1n) is 3.75. The fraction of sp³-hybridized carbons (Fsp3) is 0.222. The molecule has 0 aliphatic rings. The molecule has 0 unspecified atom stereocenters. The molecule has 1 rings (SSSR count). The highest BCUT2D eigenvalue weighted by Gasteiger charge is 2.08. The Labute approximate surface area is 95.1 Å². The van der Waals surface area contributed by atoms with Gasteiger partial charge in [0.25, 0.3) is 0 Å². The molecule has 0 fully saturated rings. The van der Waals surface area contributed by atoms with E-state index in [-0.39, 0.29) is 6.79 Å². The molecular weight excluding hydrogens is 271 g/mol. The van der Waals surface area contributed by atoms with E-state index < -0.39 is 0 Å². The fourth-order valence-electron chi connectivity index (χ4n) is 0.903. The minimum Gasteiger partial charge on any atom is -0.465 e. The van der Waals surface area contributed by atoms with Gasteiger partial charge >= 0.3 is 0 Å². The maximum atomic E-state index is 10.5. The summed E-state index contributed by atoms with van der Waals surface area (Å²) in [5, 5.41) is 0.374. The van der Waals surface area contributed by atoms with Crippen LogP contribution in [0, 0.1) is 0 Å². The van der Waals surface area contributed by atoms with Crippen LogP contribution in [0.4, 0.5) is 0 Å². The first-order valence-corrected chi connectivity index (χ1v) is 4.92. The molecule has 0 heterocycles. The summed E-state index contributed by atoms with van der Waals surface area (Å²) in [6, 6.07) is 3.16. The van der Waals surface area contributed by atoms with Crippen LogP contribution in [0.15, 0.2) is 16.6 Å². The van der Waals surface area contributed by atoms with E-state index in [0.29, 0.717) is 20.8 Å². The molecule has 0 saturated heterocycles. The molecule has 0 spiro atoms. The number of carbonyl (C=O) groups excluding carboxylic acids is 1. The number of benzene rings is 1. The van der Waals surface area contributed by atoms with Crippen LogP contribution in [0.25, 0.3) is 0 Å². The van der Waals surface area contributed by atoms with Gasteiger partial charge in [-0.15, -0.1) is 0 Å². The Hall–Kier alpha value is -0.580. The predicted molar refractivity (Wildman–Crippen MR) is 57.0 cm³/mol. The van der Waals surface area contributed by atoms with E-state index in [9.17, 15) is 4.79 Å². The predicted octanol–water partition coefficient (Wildman–Crippen LogP) is 2.90. The molecule has 0 amide bonds. The van der Waals surface area contributed by atoms with Gasteiger partial charge in [0.2, 0.25) is 0 Å². The minimum atomic E-state index is 0.110. The number of rotatable bonds is 4. The van der Waals surface area contributed by atoms with Crippen molar-refractivity contribution in [2.24, 2.45) is 0 Å². The molecule has 0 radical (unpaired) electrons. The smallest absolute Gasteiger partial charge is 0.188 e. The molecule has 14 heavy (non-hydrogen) atoms. The number of carbonyl (C=O) groups is 1. The van der Waals surface area contributed by atoms with Crippen molar-refractivity contribution in [2.75, 3.05) is 13.9 Å². The standard InChI is InChI=1S/C9H8BrClO3/c1-13-5-14-9-7(10)2-6(4-12)3-8(9)11/h2-4H,5H2,1H3. The molecule has 0 N–H and O–H groups in total. The van der Waals surface area contributed by atoms with Crippen LogP contribution in [-0.4, -0.2) is 20.2 Å². The molecule has 0 bridgehead atoms. The van der Waals surface area contributed by atoms with Crippen LogP contribution in [0.2, 0.25) is 5.02 Å². The summed E-state index contributed by atoms with van der Waals surface area (Å²) in [6.07, 6.45) is 0.719. The zero-order valence-corrected chi connectivity index (χ0v) is 9.76. The summed E-state index contributed by atoms with van der Waals surface area (Å²) >= 11 is 9.12. The summed E-state index contributed by atoms with van der Waals surface area (Å²) in [5.74, 6) is 0.471. The highest BCUT2D eigenvalue weighted by molar-refractivity contribution is 9.10. The highest BCUT2D eigenvalue weighted by Crippen LogP contribution is 2.33. The van der Waals surface area contributed by atoms with Crippen LogP contribution >= 0.6 is 27.5 Å². The van der Waals surface area contributed by atoms with Crippen molar-refractivity contribution in [3.63, 3.8) is 0 Å². The van der Waals surface area contributed by atoms with Crippen molar-refractivity contribution in [2.45, 2.75) is 0 Å². The molecule has 0 atom stereocenters. The molecular formula is C9H8BrClO3. The van der Waals surface area contributed by atoms with Gasteiger partial charge in [-0.05, 0) is 28.1 Å². The van der Waals surface area contributed by atoms with E-state index >= 15 is 0 Å². The molecule has 3 nitrogen and oxygen atoms in total. The fourth-order valence-corrected chi connectivity index (χ4v) is 1.89. The van der Waals surface area contributed by atoms with Crippen molar-refractivity contribution in [1.29, 1.82) is 0 Å². The van der Waals surface area contributed by atoms with Crippen LogP contribution in [-0.2, 0) is 4.74 Å². The van der Waals surface area contributed by atoms with Crippen molar-refractivity contribution < 1.29 is 14.3 Å². The third kappa shape index (κ3) is 2.70. The van der Waals surface area contributed by atoms with Gasteiger partial charge in [0.05, 0.1) is 9.50 Å². The zero-order valence-electron chi connectivity index (χ0n) is 7.42. The van der Waals surface area contributed by atoms with E-state index in [1.807, 2.05) is 0 Å². The molecule has 76 valence electrons. The quantitative estimate of drug-likeness (QED) is 0.628. The van der Waals surface area contributed by atoms with E-state index in [2.05, 4.69) is 15.9 Å². The second-order valence-electron chi connectivity index (χ2n) is 2.48. The summed E-state index contributed by atoms with van der Waals surface area (Å²) in [4.78, 5) is 10.5. The van der Waals surface area contributed by atoms with E-state index in [4.69, 9.17) is 21.1 Å².